The molecule has 1 heteroatoms. The maximum Gasteiger partial charge on any atom is 0.00313 e. The Hall–Kier alpha value is 0.480. The number of halogens is 1. The first-order chi connectivity index (χ1) is 4.31. The standard InChI is InChI=1S/C8H17Br/c1-3-8(2)6-4-5-7-9/h8H,3-7H2,1-2H3/t8-/m1/s1. The average Bonchev–Trinajstić information content (AvgIpc) is 1.89. The lowest BCUT2D eigenvalue weighted by Crippen LogP contribution is -1.91. The van der Waals surface area contributed by atoms with Gasteiger partial charge in [0.05, 0.1) is 0 Å². The Kier molecular flexibility index (Phi) is 6.95. The van der Waals surface area contributed by atoms with Gasteiger partial charge in [0.25, 0.3) is 0 Å². The molecule has 0 aromatic rings. The van der Waals surface area contributed by atoms with Gasteiger partial charge in [-0.25, -0.2) is 0 Å². The number of hydrogen-bond donors (Lipinski definition) is 0. The van der Waals surface area contributed by atoms with Crippen LogP contribution in [0.4, 0.5) is 0 Å². The van der Waals surface area contributed by atoms with E-state index in [0.29, 0.717) is 0 Å². The summed E-state index contributed by atoms with van der Waals surface area (Å²) >= 11 is 3.42. The first kappa shape index (κ1) is 9.48. The maximum absolute atomic E-state index is 3.42. The summed E-state index contributed by atoms with van der Waals surface area (Å²) < 4.78 is 0. The van der Waals surface area contributed by atoms with Gasteiger partial charge in [0.15, 0.2) is 0 Å². The Bertz CT molecular complexity index is 52.5. The molecule has 0 aromatic heterocycles. The zero-order valence-electron chi connectivity index (χ0n) is 6.49. The molecule has 0 rings (SSSR count). The molecule has 0 N–H and O–H groups in total. The fourth-order valence-electron chi connectivity index (χ4n) is 0.791. The minimum Gasteiger partial charge on any atom is -0.0928 e. The summed E-state index contributed by atoms with van der Waals surface area (Å²) in [5.41, 5.74) is 0. The third kappa shape index (κ3) is 6.36. The van der Waals surface area contributed by atoms with E-state index in [1.54, 1.807) is 0 Å². The molecular formula is C8H17Br. The van der Waals surface area contributed by atoms with E-state index in [1.165, 1.54) is 31.0 Å². The van der Waals surface area contributed by atoms with Crippen LogP contribution < -0.4 is 0 Å². The fourth-order valence-corrected chi connectivity index (χ4v) is 1.19. The number of hydrogen-bond acceptors (Lipinski definition) is 0. The Morgan fingerprint density at radius 1 is 1.33 bits per heavy atom. The zero-order chi connectivity index (χ0) is 7.11. The van der Waals surface area contributed by atoms with Crippen LogP contribution in [0.15, 0.2) is 0 Å². The molecule has 0 aliphatic carbocycles. The maximum atomic E-state index is 3.42. The highest BCUT2D eigenvalue weighted by Gasteiger charge is 1.96. The third-order valence-electron chi connectivity index (χ3n) is 1.78. The summed E-state index contributed by atoms with van der Waals surface area (Å²) in [5, 5.41) is 1.17. The lowest BCUT2D eigenvalue weighted by atomic mass is 10.0. The predicted octanol–water partition coefficient (Wildman–Crippen LogP) is 3.60. The van der Waals surface area contributed by atoms with Crippen molar-refractivity contribution >= 4 is 15.9 Å². The number of rotatable bonds is 5. The molecule has 0 fully saturated rings. The van der Waals surface area contributed by atoms with Crippen molar-refractivity contribution < 1.29 is 0 Å². The van der Waals surface area contributed by atoms with Crippen molar-refractivity contribution in [3.8, 4) is 0 Å². The van der Waals surface area contributed by atoms with Crippen LogP contribution in [-0.4, -0.2) is 5.33 Å². The van der Waals surface area contributed by atoms with Crippen molar-refractivity contribution in [1.82, 2.24) is 0 Å². The second-order valence-electron chi connectivity index (χ2n) is 2.70. The summed E-state index contributed by atoms with van der Waals surface area (Å²) in [5.74, 6) is 0.934. The van der Waals surface area contributed by atoms with Crippen LogP contribution in [0.5, 0.6) is 0 Å². The van der Waals surface area contributed by atoms with Gasteiger partial charge in [-0.15, -0.1) is 0 Å². The number of unbranched alkanes of at least 4 members (excludes halogenated alkanes) is 1. The van der Waals surface area contributed by atoms with E-state index in [0.717, 1.165) is 5.92 Å². The SMILES string of the molecule is CC[C@@H](C)CCCCBr. The van der Waals surface area contributed by atoms with E-state index in [-0.39, 0.29) is 0 Å². The highest BCUT2D eigenvalue weighted by Crippen LogP contribution is 2.11. The van der Waals surface area contributed by atoms with Crippen molar-refractivity contribution in [3.05, 3.63) is 0 Å². The van der Waals surface area contributed by atoms with Crippen molar-refractivity contribution in [3.63, 3.8) is 0 Å². The van der Waals surface area contributed by atoms with Gasteiger partial charge >= 0.3 is 0 Å². The highest BCUT2D eigenvalue weighted by molar-refractivity contribution is 9.09. The Morgan fingerprint density at radius 2 is 2.00 bits per heavy atom. The molecule has 0 aromatic carbocycles. The van der Waals surface area contributed by atoms with Crippen LogP contribution in [0.1, 0.15) is 39.5 Å². The fraction of sp³-hybridized carbons (Fsp3) is 1.00. The molecule has 0 bridgehead atoms. The molecule has 9 heavy (non-hydrogen) atoms. The summed E-state index contributed by atoms with van der Waals surface area (Å²) in [6.45, 7) is 4.59. The summed E-state index contributed by atoms with van der Waals surface area (Å²) in [6.07, 6.45) is 5.47. The van der Waals surface area contributed by atoms with E-state index in [1.807, 2.05) is 0 Å². The molecule has 0 aliphatic rings. The van der Waals surface area contributed by atoms with Crippen LogP contribution in [0.2, 0.25) is 0 Å². The molecule has 1 atom stereocenters. The minimum absolute atomic E-state index is 0.934. The van der Waals surface area contributed by atoms with Gasteiger partial charge in [0.1, 0.15) is 0 Å². The summed E-state index contributed by atoms with van der Waals surface area (Å²) in [6, 6.07) is 0. The summed E-state index contributed by atoms with van der Waals surface area (Å²) in [4.78, 5) is 0. The van der Waals surface area contributed by atoms with Crippen molar-refractivity contribution in [2.45, 2.75) is 39.5 Å². The van der Waals surface area contributed by atoms with Crippen LogP contribution in [0.3, 0.4) is 0 Å². The van der Waals surface area contributed by atoms with E-state index >= 15 is 0 Å². The first-order valence-corrected chi connectivity index (χ1v) is 4.99. The Labute approximate surface area is 67.2 Å². The average molecular weight is 193 g/mol. The molecule has 0 saturated carbocycles. The van der Waals surface area contributed by atoms with Gasteiger partial charge in [-0.05, 0) is 12.3 Å². The van der Waals surface area contributed by atoms with E-state index in [9.17, 15) is 0 Å². The topological polar surface area (TPSA) is 0 Å². The minimum atomic E-state index is 0.934. The van der Waals surface area contributed by atoms with E-state index < -0.39 is 0 Å². The van der Waals surface area contributed by atoms with Gasteiger partial charge < -0.3 is 0 Å². The molecule has 0 aliphatic heterocycles. The van der Waals surface area contributed by atoms with Gasteiger partial charge in [-0.2, -0.15) is 0 Å². The molecule has 0 heterocycles. The molecule has 56 valence electrons. The largest absolute Gasteiger partial charge is 0.0928 e. The van der Waals surface area contributed by atoms with Crippen molar-refractivity contribution in [1.29, 1.82) is 0 Å². The normalized spacial score (nSPS) is 13.7. The zero-order valence-corrected chi connectivity index (χ0v) is 8.08. The second-order valence-corrected chi connectivity index (χ2v) is 3.49. The van der Waals surface area contributed by atoms with Crippen molar-refractivity contribution in [2.75, 3.05) is 5.33 Å². The molecule has 0 unspecified atom stereocenters. The molecule has 0 nitrogen and oxygen atoms in total. The van der Waals surface area contributed by atoms with Crippen LogP contribution in [0, 0.1) is 5.92 Å². The smallest absolute Gasteiger partial charge is 0.00313 e. The van der Waals surface area contributed by atoms with Crippen LogP contribution in [-0.2, 0) is 0 Å². The molecular weight excluding hydrogens is 176 g/mol. The lowest BCUT2D eigenvalue weighted by molar-refractivity contribution is 0.493. The van der Waals surface area contributed by atoms with Gasteiger partial charge in [0, 0.05) is 5.33 Å². The van der Waals surface area contributed by atoms with E-state index in [2.05, 4.69) is 29.8 Å². The van der Waals surface area contributed by atoms with Crippen molar-refractivity contribution in [2.24, 2.45) is 5.92 Å². The van der Waals surface area contributed by atoms with Gasteiger partial charge in [0.2, 0.25) is 0 Å². The van der Waals surface area contributed by atoms with E-state index in [4.69, 9.17) is 0 Å². The van der Waals surface area contributed by atoms with Crippen LogP contribution in [0.25, 0.3) is 0 Å². The van der Waals surface area contributed by atoms with Gasteiger partial charge in [-0.3, -0.25) is 0 Å². The highest BCUT2D eigenvalue weighted by atomic mass is 79.9. The molecule has 0 amide bonds. The second kappa shape index (κ2) is 6.60. The van der Waals surface area contributed by atoms with Gasteiger partial charge in [-0.1, -0.05) is 49.0 Å². The lowest BCUT2D eigenvalue weighted by Gasteiger charge is -2.05. The molecule has 0 saturated heterocycles. The molecule has 0 spiro atoms. The Balaban J connectivity index is 2.88. The quantitative estimate of drug-likeness (QED) is 0.462. The predicted molar refractivity (Wildman–Crippen MR) is 47.1 cm³/mol. The molecule has 0 radical (unpaired) electrons. The number of alkyl halides is 1. The Morgan fingerprint density at radius 3 is 2.44 bits per heavy atom. The third-order valence-corrected chi connectivity index (χ3v) is 2.34. The van der Waals surface area contributed by atoms with Crippen LogP contribution >= 0.6 is 15.9 Å². The monoisotopic (exact) mass is 192 g/mol. The first-order valence-electron chi connectivity index (χ1n) is 3.87. The summed E-state index contributed by atoms with van der Waals surface area (Å²) in [7, 11) is 0.